The molecule has 0 saturated carbocycles. The highest BCUT2D eigenvalue weighted by Gasteiger charge is 2.10. The van der Waals surface area contributed by atoms with Crippen LogP contribution in [0, 0.1) is 0 Å². The van der Waals surface area contributed by atoms with E-state index in [2.05, 4.69) is 20.6 Å². The Hall–Kier alpha value is -3.32. The minimum absolute atomic E-state index is 0.522. The van der Waals surface area contributed by atoms with Gasteiger partial charge in [0.1, 0.15) is 17.3 Å². The summed E-state index contributed by atoms with van der Waals surface area (Å²) in [5.74, 6) is 2.55. The van der Waals surface area contributed by atoms with Crippen molar-refractivity contribution < 1.29 is 14.2 Å². The largest absolute Gasteiger partial charge is 0.497 e. The first-order valence-electron chi connectivity index (χ1n) is 8.90. The fraction of sp³-hybridized carbons (Fsp3) is 0.238. The molecule has 3 rings (SSSR count). The molecule has 2 aromatic carbocycles. The SMILES string of the molecule is COCCNc1nc(Nc2ccc(OC)cc2OC)cc(-c2ccccc2)n1. The zero-order valence-electron chi connectivity index (χ0n) is 16.2. The van der Waals surface area contributed by atoms with Crippen molar-refractivity contribution in [1.82, 2.24) is 9.97 Å². The first-order chi connectivity index (χ1) is 13.7. The van der Waals surface area contributed by atoms with Crippen molar-refractivity contribution in [2.45, 2.75) is 0 Å². The monoisotopic (exact) mass is 380 g/mol. The van der Waals surface area contributed by atoms with E-state index in [9.17, 15) is 0 Å². The molecule has 7 heteroatoms. The van der Waals surface area contributed by atoms with E-state index in [-0.39, 0.29) is 0 Å². The molecule has 146 valence electrons. The number of anilines is 3. The van der Waals surface area contributed by atoms with Gasteiger partial charge in [-0.2, -0.15) is 4.98 Å². The fourth-order valence-corrected chi connectivity index (χ4v) is 2.65. The minimum atomic E-state index is 0.522. The molecule has 0 fully saturated rings. The Labute approximate surface area is 164 Å². The van der Waals surface area contributed by atoms with Gasteiger partial charge in [0.15, 0.2) is 0 Å². The molecule has 7 nitrogen and oxygen atoms in total. The summed E-state index contributed by atoms with van der Waals surface area (Å²) in [4.78, 5) is 9.19. The maximum absolute atomic E-state index is 5.47. The lowest BCUT2D eigenvalue weighted by Gasteiger charge is -2.14. The van der Waals surface area contributed by atoms with Crippen molar-refractivity contribution in [3.05, 3.63) is 54.6 Å². The number of nitrogens with zero attached hydrogens (tertiary/aromatic N) is 2. The number of aromatic nitrogens is 2. The molecule has 1 aromatic heterocycles. The van der Waals surface area contributed by atoms with Gasteiger partial charge >= 0.3 is 0 Å². The summed E-state index contributed by atoms with van der Waals surface area (Å²) in [6.45, 7) is 1.17. The molecule has 0 amide bonds. The Morgan fingerprint density at radius 1 is 0.893 bits per heavy atom. The van der Waals surface area contributed by atoms with Crippen LogP contribution in [-0.4, -0.2) is 44.4 Å². The molecule has 0 unspecified atom stereocenters. The second-order valence-corrected chi connectivity index (χ2v) is 5.94. The average molecular weight is 380 g/mol. The summed E-state index contributed by atoms with van der Waals surface area (Å²) in [7, 11) is 4.90. The van der Waals surface area contributed by atoms with Gasteiger partial charge in [-0.05, 0) is 12.1 Å². The second-order valence-electron chi connectivity index (χ2n) is 5.94. The Morgan fingerprint density at radius 3 is 2.43 bits per heavy atom. The predicted molar refractivity (Wildman–Crippen MR) is 111 cm³/mol. The molecule has 0 atom stereocenters. The van der Waals surface area contributed by atoms with Crippen molar-refractivity contribution in [3.8, 4) is 22.8 Å². The van der Waals surface area contributed by atoms with Crippen molar-refractivity contribution in [1.29, 1.82) is 0 Å². The van der Waals surface area contributed by atoms with E-state index in [0.29, 0.717) is 30.7 Å². The maximum Gasteiger partial charge on any atom is 0.225 e. The summed E-state index contributed by atoms with van der Waals surface area (Å²) < 4.78 is 15.8. The first kappa shape index (κ1) is 19.4. The highest BCUT2D eigenvalue weighted by molar-refractivity contribution is 5.70. The van der Waals surface area contributed by atoms with Gasteiger partial charge in [-0.1, -0.05) is 30.3 Å². The maximum atomic E-state index is 5.47. The number of nitrogens with one attached hydrogen (secondary N) is 2. The normalized spacial score (nSPS) is 10.4. The molecule has 2 N–H and O–H groups in total. The van der Waals surface area contributed by atoms with Gasteiger partial charge < -0.3 is 24.8 Å². The molecule has 0 aliphatic rings. The lowest BCUT2D eigenvalue weighted by atomic mass is 10.1. The molecule has 0 radical (unpaired) electrons. The number of methoxy groups -OCH3 is 3. The lowest BCUT2D eigenvalue weighted by molar-refractivity contribution is 0.210. The number of hydrogen-bond donors (Lipinski definition) is 2. The van der Waals surface area contributed by atoms with Crippen LogP contribution < -0.4 is 20.1 Å². The highest BCUT2D eigenvalue weighted by Crippen LogP contribution is 2.32. The molecule has 0 saturated heterocycles. The summed E-state index contributed by atoms with van der Waals surface area (Å²) in [5.41, 5.74) is 2.60. The number of benzene rings is 2. The molecule has 0 aliphatic carbocycles. The smallest absolute Gasteiger partial charge is 0.225 e. The molecule has 0 aliphatic heterocycles. The standard InChI is InChI=1S/C21H24N4O3/c1-26-12-11-22-21-24-18(15-7-5-4-6-8-15)14-20(25-21)23-17-10-9-16(27-2)13-19(17)28-3/h4-10,13-14H,11-12H2,1-3H3,(H2,22,23,24,25). The second kappa shape index (κ2) is 9.57. The summed E-state index contributed by atoms with van der Waals surface area (Å²) >= 11 is 0. The molecule has 0 bridgehead atoms. The van der Waals surface area contributed by atoms with Crippen molar-refractivity contribution in [3.63, 3.8) is 0 Å². The zero-order chi connectivity index (χ0) is 19.8. The number of hydrogen-bond acceptors (Lipinski definition) is 7. The molecular formula is C21H24N4O3. The quantitative estimate of drug-likeness (QED) is 0.544. The fourth-order valence-electron chi connectivity index (χ4n) is 2.65. The van der Waals surface area contributed by atoms with Crippen LogP contribution in [0.2, 0.25) is 0 Å². The van der Waals surface area contributed by atoms with E-state index in [4.69, 9.17) is 14.2 Å². The molecular weight excluding hydrogens is 356 g/mol. The molecule has 3 aromatic rings. The van der Waals surface area contributed by atoms with Crippen LogP contribution in [0.25, 0.3) is 11.3 Å². The predicted octanol–water partition coefficient (Wildman–Crippen LogP) is 3.96. The van der Waals surface area contributed by atoms with Crippen molar-refractivity contribution in [2.75, 3.05) is 45.1 Å². The Kier molecular flexibility index (Phi) is 6.64. The van der Waals surface area contributed by atoms with Gasteiger partial charge in [0.2, 0.25) is 5.95 Å². The van der Waals surface area contributed by atoms with E-state index in [1.54, 1.807) is 21.3 Å². The number of rotatable bonds is 9. The first-order valence-corrected chi connectivity index (χ1v) is 8.90. The van der Waals surface area contributed by atoms with Crippen molar-refractivity contribution >= 4 is 17.5 Å². The van der Waals surface area contributed by atoms with Crippen LogP contribution in [0.3, 0.4) is 0 Å². The summed E-state index contributed by atoms with van der Waals surface area (Å²) in [6.07, 6.45) is 0. The van der Waals surface area contributed by atoms with Crippen LogP contribution in [-0.2, 0) is 4.74 Å². The highest BCUT2D eigenvalue weighted by atomic mass is 16.5. The molecule has 28 heavy (non-hydrogen) atoms. The van der Waals surface area contributed by atoms with Crippen molar-refractivity contribution in [2.24, 2.45) is 0 Å². The van der Waals surface area contributed by atoms with E-state index in [1.807, 2.05) is 54.6 Å². The van der Waals surface area contributed by atoms with Crippen LogP contribution in [0.15, 0.2) is 54.6 Å². The van der Waals surface area contributed by atoms with Gasteiger partial charge in [-0.3, -0.25) is 0 Å². The van der Waals surface area contributed by atoms with Crippen LogP contribution in [0.5, 0.6) is 11.5 Å². The third-order valence-electron chi connectivity index (χ3n) is 4.06. The van der Waals surface area contributed by atoms with Crippen LogP contribution >= 0.6 is 0 Å². The topological polar surface area (TPSA) is 77.5 Å². The van der Waals surface area contributed by atoms with Gasteiger partial charge in [-0.15, -0.1) is 0 Å². The number of ether oxygens (including phenoxy) is 3. The van der Waals surface area contributed by atoms with Crippen LogP contribution in [0.4, 0.5) is 17.5 Å². The molecule has 0 spiro atoms. The van der Waals surface area contributed by atoms with Gasteiger partial charge in [0.25, 0.3) is 0 Å². The van der Waals surface area contributed by atoms with E-state index >= 15 is 0 Å². The Morgan fingerprint density at radius 2 is 1.71 bits per heavy atom. The van der Waals surface area contributed by atoms with E-state index in [1.165, 1.54) is 0 Å². The lowest BCUT2D eigenvalue weighted by Crippen LogP contribution is -2.11. The zero-order valence-corrected chi connectivity index (χ0v) is 16.2. The Bertz CT molecular complexity index is 903. The minimum Gasteiger partial charge on any atom is -0.497 e. The molecule has 1 heterocycles. The average Bonchev–Trinajstić information content (AvgIpc) is 2.74. The third kappa shape index (κ3) is 4.89. The third-order valence-corrected chi connectivity index (χ3v) is 4.06. The summed E-state index contributed by atoms with van der Waals surface area (Å²) in [6, 6.07) is 17.4. The van der Waals surface area contributed by atoms with Gasteiger partial charge in [-0.25, -0.2) is 4.98 Å². The Balaban J connectivity index is 1.94. The van der Waals surface area contributed by atoms with Gasteiger partial charge in [0.05, 0.1) is 32.2 Å². The summed E-state index contributed by atoms with van der Waals surface area (Å²) in [5, 5.41) is 6.50. The van der Waals surface area contributed by atoms with Crippen LogP contribution in [0.1, 0.15) is 0 Å². The van der Waals surface area contributed by atoms with E-state index in [0.717, 1.165) is 22.7 Å². The van der Waals surface area contributed by atoms with E-state index < -0.39 is 0 Å². The van der Waals surface area contributed by atoms with Gasteiger partial charge in [0, 0.05) is 31.4 Å².